The highest BCUT2D eigenvalue weighted by Crippen LogP contribution is 2.27. The summed E-state index contributed by atoms with van der Waals surface area (Å²) in [5.41, 5.74) is 2.80. The smallest absolute Gasteiger partial charge is 0.261 e. The second-order valence-corrected chi connectivity index (χ2v) is 5.57. The molecule has 0 spiro atoms. The van der Waals surface area contributed by atoms with E-state index >= 15 is 0 Å². The minimum absolute atomic E-state index is 0.119. The summed E-state index contributed by atoms with van der Waals surface area (Å²) in [6.45, 7) is 6.28. The summed E-state index contributed by atoms with van der Waals surface area (Å²) in [5, 5.41) is 13.8. The second-order valence-electron chi connectivity index (χ2n) is 5.57. The number of hydrogen-bond acceptors (Lipinski definition) is 5. The molecular formula is C20H21N3O2. The van der Waals surface area contributed by atoms with Crippen LogP contribution in [0.5, 0.6) is 5.75 Å². The Labute approximate surface area is 147 Å². The van der Waals surface area contributed by atoms with Crippen molar-refractivity contribution in [2.24, 2.45) is 0 Å². The van der Waals surface area contributed by atoms with Crippen LogP contribution >= 0.6 is 0 Å². The number of phenols is 1. The Morgan fingerprint density at radius 2 is 1.72 bits per heavy atom. The van der Waals surface area contributed by atoms with Crippen molar-refractivity contribution in [3.63, 3.8) is 0 Å². The molecule has 1 aromatic heterocycles. The number of rotatable bonds is 6. The maximum atomic E-state index is 9.84. The monoisotopic (exact) mass is 335 g/mol. The number of nitrogens with zero attached hydrogens (tertiary/aromatic N) is 3. The van der Waals surface area contributed by atoms with Crippen LogP contribution in [0.3, 0.4) is 0 Å². The van der Waals surface area contributed by atoms with E-state index in [2.05, 4.69) is 53.2 Å². The standard InChI is InChI=1S/C20H21N3O2/c1-3-23(4-2)16-12-9-15(10-13-16)11-14-19-21-20(25-22-19)17-7-5-6-8-18(17)24/h5-14,24H,3-4H2,1-2H3. The zero-order valence-electron chi connectivity index (χ0n) is 14.4. The first kappa shape index (κ1) is 16.8. The van der Waals surface area contributed by atoms with Gasteiger partial charge in [-0.05, 0) is 49.8 Å². The van der Waals surface area contributed by atoms with Crippen molar-refractivity contribution in [3.8, 4) is 17.2 Å². The fraction of sp³-hybridized carbons (Fsp3) is 0.200. The molecule has 1 N–H and O–H groups in total. The van der Waals surface area contributed by atoms with Gasteiger partial charge in [0.15, 0.2) is 5.82 Å². The molecule has 0 saturated carbocycles. The summed E-state index contributed by atoms with van der Waals surface area (Å²) >= 11 is 0. The lowest BCUT2D eigenvalue weighted by Gasteiger charge is -2.20. The van der Waals surface area contributed by atoms with E-state index < -0.39 is 0 Å². The molecule has 0 aliphatic carbocycles. The van der Waals surface area contributed by atoms with Crippen LogP contribution in [-0.2, 0) is 0 Å². The van der Waals surface area contributed by atoms with E-state index in [1.807, 2.05) is 12.1 Å². The Morgan fingerprint density at radius 1 is 1.00 bits per heavy atom. The van der Waals surface area contributed by atoms with Gasteiger partial charge >= 0.3 is 0 Å². The molecule has 1 heterocycles. The SMILES string of the molecule is CCN(CC)c1ccc(C=Cc2noc(-c3ccccc3O)n2)cc1. The van der Waals surface area contributed by atoms with Crippen LogP contribution in [0.2, 0.25) is 0 Å². The highest BCUT2D eigenvalue weighted by Gasteiger charge is 2.10. The van der Waals surface area contributed by atoms with Crippen molar-refractivity contribution >= 4 is 17.8 Å². The van der Waals surface area contributed by atoms with Crippen molar-refractivity contribution in [3.05, 3.63) is 59.9 Å². The van der Waals surface area contributed by atoms with Gasteiger partial charge in [-0.3, -0.25) is 0 Å². The number of anilines is 1. The highest BCUT2D eigenvalue weighted by molar-refractivity contribution is 5.69. The van der Waals surface area contributed by atoms with Crippen molar-refractivity contribution in [2.75, 3.05) is 18.0 Å². The fourth-order valence-electron chi connectivity index (χ4n) is 2.62. The molecule has 3 aromatic rings. The molecule has 0 fully saturated rings. The van der Waals surface area contributed by atoms with E-state index in [0.29, 0.717) is 17.3 Å². The van der Waals surface area contributed by atoms with E-state index in [1.54, 1.807) is 24.3 Å². The number of aromatic nitrogens is 2. The summed E-state index contributed by atoms with van der Waals surface area (Å²) in [6, 6.07) is 15.2. The lowest BCUT2D eigenvalue weighted by molar-refractivity contribution is 0.423. The van der Waals surface area contributed by atoms with E-state index in [0.717, 1.165) is 18.7 Å². The van der Waals surface area contributed by atoms with Gasteiger partial charge < -0.3 is 14.5 Å². The van der Waals surface area contributed by atoms with Crippen molar-refractivity contribution in [1.82, 2.24) is 10.1 Å². The first-order chi connectivity index (χ1) is 12.2. The highest BCUT2D eigenvalue weighted by atomic mass is 16.5. The van der Waals surface area contributed by atoms with E-state index in [1.165, 1.54) is 5.69 Å². The maximum absolute atomic E-state index is 9.84. The van der Waals surface area contributed by atoms with E-state index in [-0.39, 0.29) is 5.75 Å². The zero-order valence-corrected chi connectivity index (χ0v) is 14.4. The molecule has 5 nitrogen and oxygen atoms in total. The largest absolute Gasteiger partial charge is 0.507 e. The molecule has 2 aromatic carbocycles. The number of phenolic OH excluding ortho intramolecular Hbond substituents is 1. The Kier molecular flexibility index (Phi) is 5.14. The number of hydrogen-bond donors (Lipinski definition) is 1. The molecule has 0 atom stereocenters. The van der Waals surface area contributed by atoms with Crippen LogP contribution in [0, 0.1) is 0 Å². The normalized spacial score (nSPS) is 11.1. The Morgan fingerprint density at radius 3 is 2.40 bits per heavy atom. The number of para-hydroxylation sites is 1. The lowest BCUT2D eigenvalue weighted by atomic mass is 10.2. The predicted molar refractivity (Wildman–Crippen MR) is 100 cm³/mol. The number of aromatic hydroxyl groups is 1. The molecular weight excluding hydrogens is 314 g/mol. The van der Waals surface area contributed by atoms with Gasteiger partial charge in [-0.25, -0.2) is 0 Å². The molecule has 0 aliphatic heterocycles. The minimum atomic E-state index is 0.119. The lowest BCUT2D eigenvalue weighted by Crippen LogP contribution is -2.21. The fourth-order valence-corrected chi connectivity index (χ4v) is 2.62. The molecule has 0 radical (unpaired) electrons. The first-order valence-corrected chi connectivity index (χ1v) is 8.36. The molecule has 0 amide bonds. The van der Waals surface area contributed by atoms with Crippen LogP contribution in [0.4, 0.5) is 5.69 Å². The van der Waals surface area contributed by atoms with Crippen molar-refractivity contribution in [1.29, 1.82) is 0 Å². The van der Waals surface area contributed by atoms with Gasteiger partial charge in [0.05, 0.1) is 5.56 Å². The van der Waals surface area contributed by atoms with Gasteiger partial charge in [-0.1, -0.05) is 35.5 Å². The Hall–Kier alpha value is -3.08. The van der Waals surface area contributed by atoms with Crippen LogP contribution in [0.1, 0.15) is 25.2 Å². The van der Waals surface area contributed by atoms with Crippen LogP contribution in [0.25, 0.3) is 23.6 Å². The van der Waals surface area contributed by atoms with Crippen LogP contribution in [-0.4, -0.2) is 28.3 Å². The molecule has 5 heteroatoms. The Bertz CT molecular complexity index is 849. The van der Waals surface area contributed by atoms with E-state index in [9.17, 15) is 5.11 Å². The van der Waals surface area contributed by atoms with Gasteiger partial charge in [-0.15, -0.1) is 0 Å². The summed E-state index contributed by atoms with van der Waals surface area (Å²) in [7, 11) is 0. The third kappa shape index (κ3) is 3.88. The average molecular weight is 335 g/mol. The second kappa shape index (κ2) is 7.66. The number of benzene rings is 2. The molecule has 0 aliphatic rings. The third-order valence-electron chi connectivity index (χ3n) is 4.02. The van der Waals surface area contributed by atoms with Gasteiger partial charge in [0.25, 0.3) is 5.89 Å². The van der Waals surface area contributed by atoms with Gasteiger partial charge in [0.1, 0.15) is 5.75 Å². The van der Waals surface area contributed by atoms with Crippen molar-refractivity contribution < 1.29 is 9.63 Å². The molecule has 0 unspecified atom stereocenters. The van der Waals surface area contributed by atoms with Crippen LogP contribution in [0.15, 0.2) is 53.1 Å². The van der Waals surface area contributed by atoms with Crippen LogP contribution < -0.4 is 4.90 Å². The Balaban J connectivity index is 1.74. The summed E-state index contributed by atoms with van der Waals surface area (Å²) in [5.74, 6) is 0.884. The van der Waals surface area contributed by atoms with Gasteiger partial charge in [0, 0.05) is 18.8 Å². The minimum Gasteiger partial charge on any atom is -0.507 e. The summed E-state index contributed by atoms with van der Waals surface area (Å²) < 4.78 is 5.22. The summed E-state index contributed by atoms with van der Waals surface area (Å²) in [4.78, 5) is 6.59. The topological polar surface area (TPSA) is 62.4 Å². The molecule has 0 bridgehead atoms. The molecule has 128 valence electrons. The maximum Gasteiger partial charge on any atom is 0.261 e. The molecule has 0 saturated heterocycles. The quantitative estimate of drug-likeness (QED) is 0.720. The predicted octanol–water partition coefficient (Wildman–Crippen LogP) is 4.46. The van der Waals surface area contributed by atoms with Crippen molar-refractivity contribution in [2.45, 2.75) is 13.8 Å². The average Bonchev–Trinajstić information content (AvgIpc) is 3.11. The van der Waals surface area contributed by atoms with Gasteiger partial charge in [-0.2, -0.15) is 4.98 Å². The first-order valence-electron chi connectivity index (χ1n) is 8.36. The van der Waals surface area contributed by atoms with Gasteiger partial charge in [0.2, 0.25) is 0 Å². The molecule has 3 rings (SSSR count). The molecule has 25 heavy (non-hydrogen) atoms. The zero-order chi connectivity index (χ0) is 17.6. The van der Waals surface area contributed by atoms with E-state index in [4.69, 9.17) is 4.52 Å². The summed E-state index contributed by atoms with van der Waals surface area (Å²) in [6.07, 6.45) is 3.73. The third-order valence-corrected chi connectivity index (χ3v) is 4.02.